The zero-order valence-corrected chi connectivity index (χ0v) is 8.39. The van der Waals surface area contributed by atoms with Crippen molar-refractivity contribution in [3.05, 3.63) is 46.3 Å². The zero-order valence-electron chi connectivity index (χ0n) is 8.39. The van der Waals surface area contributed by atoms with Gasteiger partial charge in [0, 0.05) is 6.07 Å². The Bertz CT molecular complexity index is 640. The standard InChI is InChI=1S/C10H7F2N3O2/c11-5-1-2-6(12)7(3-5)15-9(17)4-8(16)10(13)14-15/h1-4,16H,(H2,13,14). The molecule has 1 aromatic heterocycles. The van der Waals surface area contributed by atoms with Crippen molar-refractivity contribution in [1.82, 2.24) is 9.78 Å². The predicted octanol–water partition coefficient (Wildman–Crippen LogP) is 0.798. The Morgan fingerprint density at radius 1 is 1.29 bits per heavy atom. The Kier molecular flexibility index (Phi) is 2.51. The molecule has 0 saturated heterocycles. The quantitative estimate of drug-likeness (QED) is 0.771. The minimum Gasteiger partial charge on any atom is -0.504 e. The van der Waals surface area contributed by atoms with E-state index in [-0.39, 0.29) is 11.5 Å². The summed E-state index contributed by atoms with van der Waals surface area (Å²) in [5.74, 6) is -2.41. The number of hydrogen-bond donors (Lipinski definition) is 2. The molecule has 0 aliphatic rings. The van der Waals surface area contributed by atoms with Crippen LogP contribution in [0.4, 0.5) is 14.6 Å². The summed E-state index contributed by atoms with van der Waals surface area (Å²) in [7, 11) is 0. The van der Waals surface area contributed by atoms with Crippen LogP contribution >= 0.6 is 0 Å². The molecule has 0 radical (unpaired) electrons. The highest BCUT2D eigenvalue weighted by Gasteiger charge is 2.11. The van der Waals surface area contributed by atoms with Gasteiger partial charge in [0.05, 0.1) is 6.07 Å². The highest BCUT2D eigenvalue weighted by Crippen LogP contribution is 2.16. The minimum absolute atomic E-state index is 0.353. The SMILES string of the molecule is Nc1nn(-c2cc(F)ccc2F)c(=O)cc1O. The number of aromatic nitrogens is 2. The topological polar surface area (TPSA) is 81.1 Å². The lowest BCUT2D eigenvalue weighted by Crippen LogP contribution is -2.22. The molecule has 0 aliphatic carbocycles. The van der Waals surface area contributed by atoms with Gasteiger partial charge in [-0.05, 0) is 12.1 Å². The number of halogens is 2. The van der Waals surface area contributed by atoms with Crippen molar-refractivity contribution in [2.24, 2.45) is 0 Å². The van der Waals surface area contributed by atoms with Crippen molar-refractivity contribution >= 4 is 5.82 Å². The molecule has 2 aromatic rings. The van der Waals surface area contributed by atoms with Crippen LogP contribution in [-0.2, 0) is 0 Å². The molecule has 0 unspecified atom stereocenters. The summed E-state index contributed by atoms with van der Waals surface area (Å²) >= 11 is 0. The van der Waals surface area contributed by atoms with E-state index >= 15 is 0 Å². The van der Waals surface area contributed by atoms with Gasteiger partial charge in [-0.3, -0.25) is 4.79 Å². The number of benzene rings is 1. The fourth-order valence-electron chi connectivity index (χ4n) is 1.28. The van der Waals surface area contributed by atoms with Crippen LogP contribution in [0, 0.1) is 11.6 Å². The minimum atomic E-state index is -0.828. The van der Waals surface area contributed by atoms with Crippen LogP contribution in [0.2, 0.25) is 0 Å². The Morgan fingerprint density at radius 2 is 2.00 bits per heavy atom. The van der Waals surface area contributed by atoms with E-state index in [2.05, 4.69) is 5.10 Å². The van der Waals surface area contributed by atoms with Crippen molar-refractivity contribution in [3.63, 3.8) is 0 Å². The predicted molar refractivity (Wildman–Crippen MR) is 55.8 cm³/mol. The molecule has 7 heteroatoms. The first-order valence-corrected chi connectivity index (χ1v) is 4.53. The Hall–Kier alpha value is -2.44. The summed E-state index contributed by atoms with van der Waals surface area (Å²) in [5.41, 5.74) is 4.09. The van der Waals surface area contributed by atoms with Gasteiger partial charge in [-0.15, -0.1) is 5.10 Å². The van der Waals surface area contributed by atoms with Gasteiger partial charge in [-0.25, -0.2) is 8.78 Å². The van der Waals surface area contributed by atoms with E-state index in [0.29, 0.717) is 4.68 Å². The van der Waals surface area contributed by atoms with Gasteiger partial charge in [-0.2, -0.15) is 4.68 Å². The third-order valence-corrected chi connectivity index (χ3v) is 2.08. The number of nitrogen functional groups attached to an aromatic ring is 1. The summed E-state index contributed by atoms with van der Waals surface area (Å²) in [6.45, 7) is 0. The highest BCUT2D eigenvalue weighted by molar-refractivity contribution is 5.44. The molecule has 1 aromatic carbocycles. The second-order valence-corrected chi connectivity index (χ2v) is 3.26. The third-order valence-electron chi connectivity index (χ3n) is 2.08. The number of anilines is 1. The summed E-state index contributed by atoms with van der Waals surface area (Å²) in [4.78, 5) is 11.5. The number of aromatic hydroxyl groups is 1. The molecule has 17 heavy (non-hydrogen) atoms. The van der Waals surface area contributed by atoms with Crippen LogP contribution in [0.15, 0.2) is 29.1 Å². The van der Waals surface area contributed by atoms with Gasteiger partial charge in [0.2, 0.25) is 0 Å². The van der Waals surface area contributed by atoms with E-state index in [4.69, 9.17) is 10.8 Å². The molecule has 5 nitrogen and oxygen atoms in total. The van der Waals surface area contributed by atoms with E-state index < -0.39 is 22.9 Å². The maximum atomic E-state index is 13.4. The van der Waals surface area contributed by atoms with Crippen LogP contribution in [-0.4, -0.2) is 14.9 Å². The van der Waals surface area contributed by atoms with Crippen LogP contribution in [0.1, 0.15) is 0 Å². The molecule has 88 valence electrons. The van der Waals surface area contributed by atoms with Gasteiger partial charge in [-0.1, -0.05) is 0 Å². The molecule has 0 fully saturated rings. The number of nitrogens with two attached hydrogens (primary N) is 1. The summed E-state index contributed by atoms with van der Waals surface area (Å²) in [5, 5.41) is 12.6. The highest BCUT2D eigenvalue weighted by atomic mass is 19.1. The van der Waals surface area contributed by atoms with Gasteiger partial charge in [0.1, 0.15) is 17.3 Å². The second kappa shape index (κ2) is 3.85. The van der Waals surface area contributed by atoms with E-state index in [1.807, 2.05) is 0 Å². The maximum absolute atomic E-state index is 13.4. The Balaban J connectivity index is 2.72. The van der Waals surface area contributed by atoms with Crippen LogP contribution in [0.25, 0.3) is 5.69 Å². The second-order valence-electron chi connectivity index (χ2n) is 3.26. The average molecular weight is 239 g/mol. The van der Waals surface area contributed by atoms with E-state index in [9.17, 15) is 13.6 Å². The van der Waals surface area contributed by atoms with Crippen LogP contribution in [0.5, 0.6) is 5.75 Å². The molecular weight excluding hydrogens is 232 g/mol. The molecule has 0 bridgehead atoms. The smallest absolute Gasteiger partial charge is 0.275 e. The van der Waals surface area contributed by atoms with E-state index in [1.165, 1.54) is 0 Å². The molecule has 0 spiro atoms. The monoisotopic (exact) mass is 239 g/mol. The maximum Gasteiger partial charge on any atom is 0.275 e. The van der Waals surface area contributed by atoms with Gasteiger partial charge in [0.25, 0.3) is 5.56 Å². The number of hydrogen-bond acceptors (Lipinski definition) is 4. The Morgan fingerprint density at radius 3 is 2.71 bits per heavy atom. The number of rotatable bonds is 1. The molecule has 0 aliphatic heterocycles. The first kappa shape index (κ1) is 11.1. The van der Waals surface area contributed by atoms with E-state index in [1.54, 1.807) is 0 Å². The third kappa shape index (κ3) is 1.94. The first-order valence-electron chi connectivity index (χ1n) is 4.53. The molecular formula is C10H7F2N3O2. The molecule has 1 heterocycles. The van der Waals surface area contributed by atoms with Crippen molar-refractivity contribution in [2.45, 2.75) is 0 Å². The summed E-state index contributed by atoms with van der Waals surface area (Å²) < 4.78 is 26.9. The van der Waals surface area contributed by atoms with Crippen molar-refractivity contribution in [3.8, 4) is 11.4 Å². The normalized spacial score (nSPS) is 10.5. The van der Waals surface area contributed by atoms with Gasteiger partial charge in [0.15, 0.2) is 11.6 Å². The fourth-order valence-corrected chi connectivity index (χ4v) is 1.28. The van der Waals surface area contributed by atoms with Crippen molar-refractivity contribution in [1.29, 1.82) is 0 Å². The van der Waals surface area contributed by atoms with Gasteiger partial charge < -0.3 is 10.8 Å². The lowest BCUT2D eigenvalue weighted by atomic mass is 10.3. The molecule has 0 saturated carbocycles. The van der Waals surface area contributed by atoms with Crippen molar-refractivity contribution < 1.29 is 13.9 Å². The lowest BCUT2D eigenvalue weighted by molar-refractivity contribution is 0.470. The van der Waals surface area contributed by atoms with Gasteiger partial charge >= 0.3 is 0 Å². The number of nitrogens with zero attached hydrogens (tertiary/aromatic N) is 2. The Labute approximate surface area is 93.7 Å². The summed E-state index contributed by atoms with van der Waals surface area (Å²) in [6.07, 6.45) is 0. The lowest BCUT2D eigenvalue weighted by Gasteiger charge is -2.07. The molecule has 0 amide bonds. The fraction of sp³-hybridized carbons (Fsp3) is 0. The van der Waals surface area contributed by atoms with Crippen LogP contribution < -0.4 is 11.3 Å². The molecule has 2 rings (SSSR count). The average Bonchev–Trinajstić information content (AvgIpc) is 2.27. The van der Waals surface area contributed by atoms with Crippen LogP contribution in [0.3, 0.4) is 0 Å². The first-order chi connectivity index (χ1) is 7.99. The van der Waals surface area contributed by atoms with E-state index in [0.717, 1.165) is 24.3 Å². The summed E-state index contributed by atoms with van der Waals surface area (Å²) in [6, 6.07) is 3.35. The molecule has 0 atom stereocenters. The zero-order chi connectivity index (χ0) is 12.6. The largest absolute Gasteiger partial charge is 0.504 e. The van der Waals surface area contributed by atoms with Crippen molar-refractivity contribution in [2.75, 3.05) is 5.73 Å². The molecule has 3 N–H and O–H groups in total.